The van der Waals surface area contributed by atoms with Gasteiger partial charge in [0.05, 0.1) is 0 Å². The van der Waals surface area contributed by atoms with Gasteiger partial charge in [-0.2, -0.15) is 4.39 Å². The van der Waals surface area contributed by atoms with Gasteiger partial charge >= 0.3 is 0 Å². The molecule has 0 aliphatic heterocycles. The van der Waals surface area contributed by atoms with Crippen molar-refractivity contribution in [1.82, 2.24) is 4.98 Å². The fourth-order valence-corrected chi connectivity index (χ4v) is 1.91. The fourth-order valence-electron chi connectivity index (χ4n) is 1.91. The van der Waals surface area contributed by atoms with Crippen LogP contribution in [0.15, 0.2) is 18.3 Å². The van der Waals surface area contributed by atoms with Gasteiger partial charge in [-0.05, 0) is 30.2 Å². The zero-order chi connectivity index (χ0) is 10.9. The Hall–Kier alpha value is -1.12. The van der Waals surface area contributed by atoms with E-state index in [0.717, 1.165) is 12.2 Å². The molecule has 0 radical (unpaired) electrons. The van der Waals surface area contributed by atoms with Gasteiger partial charge < -0.3 is 5.32 Å². The highest BCUT2D eigenvalue weighted by Gasteiger charge is 2.44. The van der Waals surface area contributed by atoms with Crippen molar-refractivity contribution >= 4 is 5.69 Å². The molecule has 1 aromatic rings. The molecule has 1 heterocycles. The molecule has 3 heteroatoms. The highest BCUT2D eigenvalue weighted by molar-refractivity contribution is 5.41. The van der Waals surface area contributed by atoms with Crippen LogP contribution in [0.1, 0.15) is 26.7 Å². The summed E-state index contributed by atoms with van der Waals surface area (Å²) in [6.07, 6.45) is 4.06. The lowest BCUT2D eigenvalue weighted by molar-refractivity contribution is 0.380. The molecule has 82 valence electrons. The summed E-state index contributed by atoms with van der Waals surface area (Å²) in [5.41, 5.74) is 1.27. The minimum Gasteiger partial charge on any atom is -0.384 e. The van der Waals surface area contributed by atoms with Crippen molar-refractivity contribution in [1.29, 1.82) is 0 Å². The van der Waals surface area contributed by atoms with Crippen molar-refractivity contribution in [2.24, 2.45) is 11.3 Å². The summed E-state index contributed by atoms with van der Waals surface area (Å²) in [5.74, 6) is 0.270. The van der Waals surface area contributed by atoms with Crippen molar-refractivity contribution in [3.63, 3.8) is 0 Å². The molecule has 0 aromatic carbocycles. The number of halogens is 1. The molecule has 1 fully saturated rings. The molecule has 1 aliphatic rings. The van der Waals surface area contributed by atoms with Crippen LogP contribution in [-0.4, -0.2) is 11.5 Å². The molecular weight excluding hydrogens is 191 g/mol. The zero-order valence-corrected chi connectivity index (χ0v) is 9.26. The topological polar surface area (TPSA) is 24.9 Å². The van der Waals surface area contributed by atoms with Crippen molar-refractivity contribution in [3.8, 4) is 0 Å². The predicted octanol–water partition coefficient (Wildman–Crippen LogP) is 3.07. The van der Waals surface area contributed by atoms with Crippen molar-refractivity contribution in [2.75, 3.05) is 11.9 Å². The Morgan fingerprint density at radius 1 is 1.53 bits per heavy atom. The Bertz CT molecular complexity index is 345. The Morgan fingerprint density at radius 2 is 2.27 bits per heavy atom. The van der Waals surface area contributed by atoms with Crippen molar-refractivity contribution in [3.05, 3.63) is 24.3 Å². The van der Waals surface area contributed by atoms with E-state index in [9.17, 15) is 4.39 Å². The van der Waals surface area contributed by atoms with Gasteiger partial charge in [-0.25, -0.2) is 4.98 Å². The summed E-state index contributed by atoms with van der Waals surface area (Å²) in [4.78, 5) is 3.53. The molecule has 0 atom stereocenters. The molecule has 1 saturated carbocycles. The third-order valence-corrected chi connectivity index (χ3v) is 3.49. The standard InChI is InChI=1S/C12H17FN2/c1-9(2)12(4-5-12)8-15-10-3-6-14-11(13)7-10/h3,6-7,9H,4-5,8H2,1-2H3,(H,14,15). The van der Waals surface area contributed by atoms with Crippen LogP contribution >= 0.6 is 0 Å². The average Bonchev–Trinajstić information content (AvgIpc) is 2.96. The van der Waals surface area contributed by atoms with Gasteiger partial charge in [0.15, 0.2) is 0 Å². The van der Waals surface area contributed by atoms with Crippen LogP contribution in [0.25, 0.3) is 0 Å². The van der Waals surface area contributed by atoms with Crippen LogP contribution in [0, 0.1) is 17.3 Å². The predicted molar refractivity (Wildman–Crippen MR) is 59.2 cm³/mol. The molecule has 0 amide bonds. The van der Waals surface area contributed by atoms with Gasteiger partial charge in [-0.15, -0.1) is 0 Å². The normalized spacial score (nSPS) is 17.9. The molecular formula is C12H17FN2. The van der Waals surface area contributed by atoms with Crippen LogP contribution in [0.4, 0.5) is 10.1 Å². The van der Waals surface area contributed by atoms with Gasteiger partial charge in [-0.1, -0.05) is 13.8 Å². The van der Waals surface area contributed by atoms with E-state index in [-0.39, 0.29) is 0 Å². The molecule has 1 aliphatic carbocycles. The molecule has 1 aromatic heterocycles. The number of hydrogen-bond donors (Lipinski definition) is 1. The third kappa shape index (κ3) is 2.28. The Labute approximate surface area is 89.9 Å². The summed E-state index contributed by atoms with van der Waals surface area (Å²) in [5, 5.41) is 3.29. The molecule has 0 bridgehead atoms. The van der Waals surface area contributed by atoms with Crippen LogP contribution < -0.4 is 5.32 Å². The van der Waals surface area contributed by atoms with E-state index in [1.54, 1.807) is 6.07 Å². The summed E-state index contributed by atoms with van der Waals surface area (Å²) in [6, 6.07) is 3.25. The van der Waals surface area contributed by atoms with Crippen LogP contribution in [0.5, 0.6) is 0 Å². The lowest BCUT2D eigenvalue weighted by atomic mass is 9.92. The lowest BCUT2D eigenvalue weighted by Gasteiger charge is -2.20. The molecule has 0 spiro atoms. The highest BCUT2D eigenvalue weighted by Crippen LogP contribution is 2.51. The van der Waals surface area contributed by atoms with E-state index in [0.29, 0.717) is 11.3 Å². The molecule has 1 N–H and O–H groups in total. The number of rotatable bonds is 4. The molecule has 0 saturated heterocycles. The van der Waals surface area contributed by atoms with Gasteiger partial charge in [0.1, 0.15) is 0 Å². The highest BCUT2D eigenvalue weighted by atomic mass is 19.1. The largest absolute Gasteiger partial charge is 0.384 e. The maximum atomic E-state index is 12.8. The number of nitrogens with one attached hydrogen (secondary N) is 1. The quantitative estimate of drug-likeness (QED) is 0.769. The Morgan fingerprint density at radius 3 is 2.80 bits per heavy atom. The van der Waals surface area contributed by atoms with Gasteiger partial charge in [-0.3, -0.25) is 0 Å². The second-order valence-corrected chi connectivity index (χ2v) is 4.74. The van der Waals surface area contributed by atoms with E-state index in [1.165, 1.54) is 25.1 Å². The average molecular weight is 208 g/mol. The molecule has 2 rings (SSSR count). The second-order valence-electron chi connectivity index (χ2n) is 4.74. The first-order valence-corrected chi connectivity index (χ1v) is 5.48. The van der Waals surface area contributed by atoms with E-state index < -0.39 is 5.95 Å². The number of hydrogen-bond acceptors (Lipinski definition) is 2. The monoisotopic (exact) mass is 208 g/mol. The van der Waals surface area contributed by atoms with Crippen molar-refractivity contribution in [2.45, 2.75) is 26.7 Å². The number of pyridine rings is 1. The number of anilines is 1. The summed E-state index contributed by atoms with van der Waals surface area (Å²) < 4.78 is 12.8. The zero-order valence-electron chi connectivity index (χ0n) is 9.26. The first-order valence-electron chi connectivity index (χ1n) is 5.48. The number of nitrogens with zero attached hydrogens (tertiary/aromatic N) is 1. The summed E-state index contributed by atoms with van der Waals surface area (Å²) >= 11 is 0. The molecule has 2 nitrogen and oxygen atoms in total. The first kappa shape index (κ1) is 10.4. The number of aromatic nitrogens is 1. The maximum Gasteiger partial charge on any atom is 0.214 e. The second kappa shape index (κ2) is 3.80. The van der Waals surface area contributed by atoms with Crippen molar-refractivity contribution < 1.29 is 4.39 Å². The molecule has 0 unspecified atom stereocenters. The summed E-state index contributed by atoms with van der Waals surface area (Å²) in [6.45, 7) is 5.44. The maximum absolute atomic E-state index is 12.8. The van der Waals surface area contributed by atoms with Gasteiger partial charge in [0.2, 0.25) is 5.95 Å². The van der Waals surface area contributed by atoms with E-state index in [2.05, 4.69) is 24.1 Å². The van der Waals surface area contributed by atoms with E-state index in [4.69, 9.17) is 0 Å². The lowest BCUT2D eigenvalue weighted by Crippen LogP contribution is -2.20. The minimum absolute atomic E-state index is 0.422. The van der Waals surface area contributed by atoms with Crippen LogP contribution in [-0.2, 0) is 0 Å². The minimum atomic E-state index is -0.422. The molecule has 15 heavy (non-hydrogen) atoms. The van der Waals surface area contributed by atoms with Gasteiger partial charge in [0, 0.05) is 24.5 Å². The fraction of sp³-hybridized carbons (Fsp3) is 0.583. The first-order chi connectivity index (χ1) is 7.12. The van der Waals surface area contributed by atoms with Crippen LogP contribution in [0.2, 0.25) is 0 Å². The van der Waals surface area contributed by atoms with E-state index >= 15 is 0 Å². The van der Waals surface area contributed by atoms with Crippen LogP contribution in [0.3, 0.4) is 0 Å². The Balaban J connectivity index is 1.94. The third-order valence-electron chi connectivity index (χ3n) is 3.49. The summed E-state index contributed by atoms with van der Waals surface area (Å²) in [7, 11) is 0. The SMILES string of the molecule is CC(C)C1(CNc2ccnc(F)c2)CC1. The van der Waals surface area contributed by atoms with E-state index in [1.807, 2.05) is 0 Å². The van der Waals surface area contributed by atoms with Gasteiger partial charge in [0.25, 0.3) is 0 Å². The smallest absolute Gasteiger partial charge is 0.214 e. The Kier molecular flexibility index (Phi) is 2.63.